The maximum atomic E-state index is 12.0. The van der Waals surface area contributed by atoms with Crippen LogP contribution in [0.4, 0.5) is 4.79 Å². The summed E-state index contributed by atoms with van der Waals surface area (Å²) in [5, 5.41) is 0.918. The minimum absolute atomic E-state index is 0.0315. The Morgan fingerprint density at radius 2 is 2.05 bits per heavy atom. The normalized spacial score (nSPS) is 12.3. The molecule has 1 aromatic heterocycles. The van der Waals surface area contributed by atoms with E-state index in [0.29, 0.717) is 11.9 Å². The molecule has 2 rings (SSSR count). The third-order valence-corrected chi connectivity index (χ3v) is 2.90. The molecule has 1 aromatic carbocycles. The maximum absolute atomic E-state index is 12.0. The van der Waals surface area contributed by atoms with Gasteiger partial charge in [0.15, 0.2) is 0 Å². The summed E-state index contributed by atoms with van der Waals surface area (Å²) in [7, 11) is 0. The molecule has 2 aromatic rings. The van der Waals surface area contributed by atoms with Gasteiger partial charge in [0.2, 0.25) is 0 Å². The third-order valence-electron chi connectivity index (χ3n) is 2.90. The lowest BCUT2D eigenvalue weighted by atomic mass is 10.1. The molecule has 0 aliphatic rings. The van der Waals surface area contributed by atoms with Crippen molar-refractivity contribution in [3.63, 3.8) is 0 Å². The molecule has 1 heterocycles. The number of carbonyl (C=O) groups excluding carboxylic acids is 2. The number of rotatable bonds is 3. The molecule has 6 nitrogen and oxygen atoms in total. The fourth-order valence-corrected chi connectivity index (χ4v) is 2.10. The molecule has 0 aliphatic heterocycles. The molecule has 0 bridgehead atoms. The Bertz CT molecular complexity index is 646. The smallest absolute Gasteiger partial charge is 0.375 e. The van der Waals surface area contributed by atoms with Crippen LogP contribution in [0.1, 0.15) is 12.5 Å². The molecule has 20 heavy (non-hydrogen) atoms. The van der Waals surface area contributed by atoms with Crippen LogP contribution in [0.2, 0.25) is 0 Å². The minimum atomic E-state index is -0.762. The van der Waals surface area contributed by atoms with E-state index in [0.717, 1.165) is 10.9 Å². The van der Waals surface area contributed by atoms with E-state index in [2.05, 4.69) is 4.74 Å². The molecule has 0 amide bonds. The van der Waals surface area contributed by atoms with Gasteiger partial charge in [-0.25, -0.2) is 4.79 Å². The highest BCUT2D eigenvalue weighted by molar-refractivity contribution is 5.95. The molecule has 4 N–H and O–H groups in total. The second kappa shape index (κ2) is 5.85. The van der Waals surface area contributed by atoms with Gasteiger partial charge in [-0.3, -0.25) is 9.36 Å². The van der Waals surface area contributed by atoms with E-state index in [-0.39, 0.29) is 12.6 Å². The third kappa shape index (κ3) is 2.87. The summed E-state index contributed by atoms with van der Waals surface area (Å²) in [6.45, 7) is 1.56. The van der Waals surface area contributed by atoms with E-state index in [4.69, 9.17) is 11.5 Å². The van der Waals surface area contributed by atoms with Crippen LogP contribution in [0.5, 0.6) is 0 Å². The first-order valence-corrected chi connectivity index (χ1v) is 6.32. The monoisotopic (exact) mass is 275 g/mol. The van der Waals surface area contributed by atoms with Gasteiger partial charge in [-0.15, -0.1) is 0 Å². The molecule has 6 heteroatoms. The van der Waals surface area contributed by atoms with Crippen molar-refractivity contribution in [2.45, 2.75) is 19.4 Å². The summed E-state index contributed by atoms with van der Waals surface area (Å²) in [5.41, 5.74) is 12.6. The number of nitrogens with two attached hydrogens (primary N) is 2. The Morgan fingerprint density at radius 1 is 1.35 bits per heavy atom. The second-order valence-electron chi connectivity index (χ2n) is 4.67. The van der Waals surface area contributed by atoms with Gasteiger partial charge in [0.1, 0.15) is 0 Å². The van der Waals surface area contributed by atoms with Crippen molar-refractivity contribution in [1.82, 2.24) is 4.57 Å². The summed E-state index contributed by atoms with van der Waals surface area (Å²) < 4.78 is 5.95. The van der Waals surface area contributed by atoms with Crippen molar-refractivity contribution in [1.29, 1.82) is 0 Å². The Hall–Kier alpha value is -2.18. The largest absolute Gasteiger partial charge is 0.426 e. The molecule has 0 aliphatic carbocycles. The number of hydrogen-bond donors (Lipinski definition) is 2. The van der Waals surface area contributed by atoms with Crippen molar-refractivity contribution in [2.75, 3.05) is 6.54 Å². The highest BCUT2D eigenvalue weighted by atomic mass is 16.6. The Morgan fingerprint density at radius 3 is 2.70 bits per heavy atom. The Labute approximate surface area is 116 Å². The number of nitrogens with zero attached hydrogens (tertiary/aromatic N) is 1. The standard InChI is InChI=1S/C14H17N3O3/c1-9(16)6-10-8-17(14(19)20-13(18)7-15)12-5-3-2-4-11(10)12/h2-5,8-9H,6-7,15-16H2,1H3/t9-/m1/s1. The zero-order chi connectivity index (χ0) is 14.7. The molecule has 0 spiro atoms. The van der Waals surface area contributed by atoms with E-state index in [1.807, 2.05) is 25.1 Å². The van der Waals surface area contributed by atoms with E-state index < -0.39 is 12.1 Å². The predicted octanol–water partition coefficient (Wildman–Crippen LogP) is 1.00. The predicted molar refractivity (Wildman–Crippen MR) is 75.2 cm³/mol. The summed E-state index contributed by atoms with van der Waals surface area (Å²) in [6, 6.07) is 7.35. The van der Waals surface area contributed by atoms with Gasteiger partial charge >= 0.3 is 12.1 Å². The molecule has 0 fully saturated rings. The zero-order valence-electron chi connectivity index (χ0n) is 11.2. The van der Waals surface area contributed by atoms with Crippen LogP contribution in [0.25, 0.3) is 10.9 Å². The van der Waals surface area contributed by atoms with Crippen molar-refractivity contribution >= 4 is 23.0 Å². The van der Waals surface area contributed by atoms with Crippen molar-refractivity contribution in [3.8, 4) is 0 Å². The zero-order valence-corrected chi connectivity index (χ0v) is 11.2. The fourth-order valence-electron chi connectivity index (χ4n) is 2.10. The lowest BCUT2D eigenvalue weighted by Crippen LogP contribution is -2.23. The average Bonchev–Trinajstić information content (AvgIpc) is 2.77. The summed E-state index contributed by atoms with van der Waals surface area (Å²) in [5.74, 6) is -0.762. The number of para-hydroxylation sites is 1. The Balaban J connectivity index is 2.43. The fraction of sp³-hybridized carbons (Fsp3) is 0.286. The van der Waals surface area contributed by atoms with Gasteiger partial charge in [-0.05, 0) is 25.0 Å². The number of carbonyl (C=O) groups is 2. The summed E-state index contributed by atoms with van der Waals surface area (Å²) >= 11 is 0. The number of hydrogen-bond acceptors (Lipinski definition) is 5. The highest BCUT2D eigenvalue weighted by Crippen LogP contribution is 2.22. The van der Waals surface area contributed by atoms with Crippen LogP contribution in [0.3, 0.4) is 0 Å². The number of benzene rings is 1. The van der Waals surface area contributed by atoms with Gasteiger partial charge in [0.05, 0.1) is 12.1 Å². The lowest BCUT2D eigenvalue weighted by Gasteiger charge is -2.03. The first-order valence-electron chi connectivity index (χ1n) is 6.32. The second-order valence-corrected chi connectivity index (χ2v) is 4.67. The van der Waals surface area contributed by atoms with Gasteiger partial charge in [-0.2, -0.15) is 0 Å². The number of ether oxygens (including phenoxy) is 1. The van der Waals surface area contributed by atoms with E-state index in [1.165, 1.54) is 4.57 Å². The SMILES string of the molecule is C[C@@H](N)Cc1cn(C(=O)OC(=O)CN)c2ccccc12. The van der Waals surface area contributed by atoms with E-state index in [9.17, 15) is 9.59 Å². The van der Waals surface area contributed by atoms with Crippen molar-refractivity contribution < 1.29 is 14.3 Å². The number of esters is 1. The highest BCUT2D eigenvalue weighted by Gasteiger charge is 2.17. The molecule has 0 unspecified atom stereocenters. The molecule has 1 atom stereocenters. The molecular weight excluding hydrogens is 258 g/mol. The average molecular weight is 275 g/mol. The first kappa shape index (κ1) is 14.2. The Kier molecular flexibility index (Phi) is 4.16. The molecule has 106 valence electrons. The van der Waals surface area contributed by atoms with Gasteiger partial charge in [0.25, 0.3) is 0 Å². The quantitative estimate of drug-likeness (QED) is 0.643. The van der Waals surface area contributed by atoms with Gasteiger partial charge in [-0.1, -0.05) is 18.2 Å². The summed E-state index contributed by atoms with van der Waals surface area (Å²) in [6.07, 6.45) is 1.53. The molecular formula is C14H17N3O3. The van der Waals surface area contributed by atoms with E-state index in [1.54, 1.807) is 12.3 Å². The lowest BCUT2D eigenvalue weighted by molar-refractivity contribution is -0.135. The van der Waals surface area contributed by atoms with Crippen LogP contribution < -0.4 is 11.5 Å². The topological polar surface area (TPSA) is 100 Å². The van der Waals surface area contributed by atoms with Crippen molar-refractivity contribution in [3.05, 3.63) is 36.0 Å². The molecule has 0 radical (unpaired) electrons. The van der Waals surface area contributed by atoms with Crippen LogP contribution in [-0.2, 0) is 16.0 Å². The van der Waals surface area contributed by atoms with Crippen LogP contribution in [-0.4, -0.2) is 29.2 Å². The summed E-state index contributed by atoms with van der Waals surface area (Å²) in [4.78, 5) is 23.1. The molecule has 0 saturated carbocycles. The van der Waals surface area contributed by atoms with Crippen LogP contribution in [0.15, 0.2) is 30.5 Å². The van der Waals surface area contributed by atoms with Gasteiger partial charge < -0.3 is 16.2 Å². The first-order chi connectivity index (χ1) is 9.52. The van der Waals surface area contributed by atoms with Gasteiger partial charge in [0, 0.05) is 17.6 Å². The molecule has 0 saturated heterocycles. The number of fused-ring (bicyclic) bond motifs is 1. The van der Waals surface area contributed by atoms with E-state index >= 15 is 0 Å². The van der Waals surface area contributed by atoms with Crippen molar-refractivity contribution in [2.24, 2.45) is 11.5 Å². The van der Waals surface area contributed by atoms with Crippen LogP contribution in [0, 0.1) is 0 Å². The maximum Gasteiger partial charge on any atom is 0.426 e. The minimum Gasteiger partial charge on any atom is -0.375 e. The van der Waals surface area contributed by atoms with Crippen LogP contribution >= 0.6 is 0 Å². The number of aromatic nitrogens is 1.